The van der Waals surface area contributed by atoms with Gasteiger partial charge in [-0.15, -0.1) is 0 Å². The van der Waals surface area contributed by atoms with Gasteiger partial charge in [0.1, 0.15) is 23.4 Å². The van der Waals surface area contributed by atoms with Crippen LogP contribution in [0, 0.1) is 17.6 Å². The summed E-state index contributed by atoms with van der Waals surface area (Å²) in [6.45, 7) is -0.322. The summed E-state index contributed by atoms with van der Waals surface area (Å²) in [5, 5.41) is 2.26. The zero-order valence-electron chi connectivity index (χ0n) is 20.0. The summed E-state index contributed by atoms with van der Waals surface area (Å²) in [7, 11) is 0. The zero-order chi connectivity index (χ0) is 27.3. The summed E-state index contributed by atoms with van der Waals surface area (Å²) in [6.07, 6.45) is 0. The number of rotatable bonds is 5. The number of hydrogen-bond donors (Lipinski definition) is 1. The largest absolute Gasteiger partial charge is 0.325 e. The Morgan fingerprint density at radius 1 is 0.846 bits per heavy atom. The molecule has 3 heterocycles. The number of benzene rings is 3. The number of carbonyl (C=O) groups is 3. The first-order chi connectivity index (χ1) is 18.8. The van der Waals surface area contributed by atoms with Crippen LogP contribution in [0.1, 0.15) is 16.4 Å². The van der Waals surface area contributed by atoms with Crippen molar-refractivity contribution in [1.82, 2.24) is 4.57 Å². The number of nitrogens with zero attached hydrogens (tertiary/aromatic N) is 2. The summed E-state index contributed by atoms with van der Waals surface area (Å²) in [5.74, 6) is -3.70. The Kier molecular flexibility index (Phi) is 6.40. The molecule has 3 atom stereocenters. The van der Waals surface area contributed by atoms with E-state index in [2.05, 4.69) is 5.32 Å². The molecule has 0 radical (unpaired) electrons. The van der Waals surface area contributed by atoms with E-state index >= 15 is 0 Å². The number of amides is 3. The molecule has 3 amide bonds. The fourth-order valence-corrected chi connectivity index (χ4v) is 7.77. The molecule has 1 aromatic heterocycles. The van der Waals surface area contributed by atoms with Crippen LogP contribution in [0.15, 0.2) is 88.7 Å². The number of nitrogens with one attached hydrogen (secondary N) is 1. The normalized spacial score (nSPS) is 20.1. The minimum absolute atomic E-state index is 0.271. The van der Waals surface area contributed by atoms with Crippen LogP contribution in [0.2, 0.25) is 0 Å². The van der Waals surface area contributed by atoms with Crippen LogP contribution >= 0.6 is 23.1 Å². The smallest absolute Gasteiger partial charge is 0.308 e. The van der Waals surface area contributed by atoms with E-state index in [1.807, 2.05) is 30.3 Å². The molecule has 0 aliphatic carbocycles. The second kappa shape index (κ2) is 9.90. The summed E-state index contributed by atoms with van der Waals surface area (Å²) in [5.41, 5.74) is 1.41. The SMILES string of the molecule is O=C(Cn1c2c(sc1=O)C(c1ccccc1)C1C(=O)N(c3ccc(F)cc3)C(=O)C1S2)Nc1ccc(F)cc1. The van der Waals surface area contributed by atoms with Crippen LogP contribution in [0.4, 0.5) is 20.2 Å². The van der Waals surface area contributed by atoms with Crippen molar-refractivity contribution >= 4 is 52.2 Å². The summed E-state index contributed by atoms with van der Waals surface area (Å²) in [4.78, 5) is 54.6. The fourth-order valence-electron chi connectivity index (χ4n) is 5.00. The highest BCUT2D eigenvalue weighted by Gasteiger charge is 2.56. The average molecular weight is 564 g/mol. The number of imide groups is 1. The van der Waals surface area contributed by atoms with Gasteiger partial charge in [0.2, 0.25) is 17.7 Å². The molecule has 0 spiro atoms. The van der Waals surface area contributed by atoms with Crippen LogP contribution in [0.3, 0.4) is 0 Å². The Labute approximate surface area is 229 Å². The Hall–Kier alpha value is -4.09. The maximum absolute atomic E-state index is 13.8. The van der Waals surface area contributed by atoms with Crippen molar-refractivity contribution in [2.75, 3.05) is 10.2 Å². The van der Waals surface area contributed by atoms with Gasteiger partial charge in [-0.05, 0) is 54.1 Å². The standard InChI is InChI=1S/C28H19F2N3O4S2/c29-16-6-10-18(11-7-16)31-20(34)14-32-27-24(39-28(32)37)21(15-4-2-1-3-5-15)22-23(38-27)26(36)33(25(22)35)19-12-8-17(30)9-13-19/h1-13,21-23H,14H2,(H,31,34). The van der Waals surface area contributed by atoms with Crippen molar-refractivity contribution in [3.8, 4) is 0 Å². The van der Waals surface area contributed by atoms with Gasteiger partial charge in [0, 0.05) is 16.5 Å². The lowest BCUT2D eigenvalue weighted by atomic mass is 9.83. The molecular weight excluding hydrogens is 544 g/mol. The van der Waals surface area contributed by atoms with Crippen LogP contribution in [0.5, 0.6) is 0 Å². The summed E-state index contributed by atoms with van der Waals surface area (Å²) >= 11 is 2.04. The molecule has 1 N–H and O–H groups in total. The van der Waals surface area contributed by atoms with E-state index < -0.39 is 51.3 Å². The van der Waals surface area contributed by atoms with Crippen molar-refractivity contribution < 1.29 is 23.2 Å². The van der Waals surface area contributed by atoms with Crippen molar-refractivity contribution in [3.05, 3.63) is 111 Å². The molecule has 3 aromatic carbocycles. The van der Waals surface area contributed by atoms with Gasteiger partial charge in [-0.25, -0.2) is 13.7 Å². The van der Waals surface area contributed by atoms with E-state index in [0.29, 0.717) is 15.6 Å². The zero-order valence-corrected chi connectivity index (χ0v) is 21.7. The lowest BCUT2D eigenvalue weighted by molar-refractivity contribution is -0.122. The predicted octanol–water partition coefficient (Wildman–Crippen LogP) is 4.62. The van der Waals surface area contributed by atoms with Gasteiger partial charge in [0.25, 0.3) is 0 Å². The number of halogens is 2. The topological polar surface area (TPSA) is 88.5 Å². The third-order valence-corrected chi connectivity index (χ3v) is 9.33. The Morgan fingerprint density at radius 2 is 1.49 bits per heavy atom. The lowest BCUT2D eigenvalue weighted by Crippen LogP contribution is -2.33. The number of anilines is 2. The number of hydrogen-bond acceptors (Lipinski definition) is 6. The molecule has 2 aliphatic rings. The second-order valence-electron chi connectivity index (χ2n) is 9.12. The van der Waals surface area contributed by atoms with Crippen molar-refractivity contribution in [1.29, 1.82) is 0 Å². The Morgan fingerprint density at radius 3 is 2.15 bits per heavy atom. The van der Waals surface area contributed by atoms with Gasteiger partial charge in [-0.2, -0.15) is 0 Å². The van der Waals surface area contributed by atoms with Gasteiger partial charge in [0.15, 0.2) is 0 Å². The number of aromatic nitrogens is 1. The molecule has 6 rings (SSSR count). The number of thioether (sulfide) groups is 1. The first-order valence-corrected chi connectivity index (χ1v) is 13.7. The molecule has 2 aliphatic heterocycles. The molecule has 1 fully saturated rings. The highest BCUT2D eigenvalue weighted by atomic mass is 32.2. The van der Waals surface area contributed by atoms with Crippen molar-refractivity contribution in [2.24, 2.45) is 5.92 Å². The first-order valence-electron chi connectivity index (χ1n) is 12.0. The Bertz CT molecular complexity index is 1650. The van der Waals surface area contributed by atoms with Gasteiger partial charge >= 0.3 is 4.87 Å². The second-order valence-corrected chi connectivity index (χ2v) is 11.2. The van der Waals surface area contributed by atoms with Crippen LogP contribution in [0.25, 0.3) is 0 Å². The van der Waals surface area contributed by atoms with E-state index in [4.69, 9.17) is 0 Å². The molecule has 4 aromatic rings. The van der Waals surface area contributed by atoms with Crippen LogP contribution < -0.4 is 15.1 Å². The molecular formula is C28H19F2N3O4S2. The molecule has 39 heavy (non-hydrogen) atoms. The molecule has 0 bridgehead atoms. The first kappa shape index (κ1) is 25.2. The molecule has 3 unspecified atom stereocenters. The minimum atomic E-state index is -0.847. The van der Waals surface area contributed by atoms with Gasteiger partial charge in [0.05, 0.1) is 16.6 Å². The minimum Gasteiger partial charge on any atom is -0.325 e. The maximum atomic E-state index is 13.8. The van der Waals surface area contributed by atoms with E-state index in [9.17, 15) is 28.0 Å². The van der Waals surface area contributed by atoms with Gasteiger partial charge in [-0.3, -0.25) is 23.7 Å². The molecule has 0 saturated carbocycles. The molecule has 7 nitrogen and oxygen atoms in total. The molecule has 11 heteroatoms. The maximum Gasteiger partial charge on any atom is 0.308 e. The van der Waals surface area contributed by atoms with E-state index in [-0.39, 0.29) is 12.2 Å². The highest BCUT2D eigenvalue weighted by molar-refractivity contribution is 8.00. The monoisotopic (exact) mass is 563 g/mol. The van der Waals surface area contributed by atoms with E-state index in [0.717, 1.165) is 33.6 Å². The van der Waals surface area contributed by atoms with Gasteiger partial charge < -0.3 is 5.32 Å². The summed E-state index contributed by atoms with van der Waals surface area (Å²) < 4.78 is 28.1. The number of fused-ring (bicyclic) bond motifs is 2. The van der Waals surface area contributed by atoms with Crippen LogP contribution in [-0.4, -0.2) is 27.5 Å². The van der Waals surface area contributed by atoms with Crippen molar-refractivity contribution in [2.45, 2.75) is 22.7 Å². The van der Waals surface area contributed by atoms with Gasteiger partial charge in [-0.1, -0.05) is 53.4 Å². The third kappa shape index (κ3) is 4.47. The van der Waals surface area contributed by atoms with E-state index in [1.54, 1.807) is 0 Å². The van der Waals surface area contributed by atoms with Crippen LogP contribution in [-0.2, 0) is 20.9 Å². The fraction of sp³-hybridized carbons (Fsp3) is 0.143. The average Bonchev–Trinajstić information content (AvgIpc) is 3.37. The summed E-state index contributed by atoms with van der Waals surface area (Å²) in [6, 6.07) is 19.6. The number of thiazole rings is 1. The Balaban J connectivity index is 1.39. The molecule has 1 saturated heterocycles. The predicted molar refractivity (Wildman–Crippen MR) is 144 cm³/mol. The lowest BCUT2D eigenvalue weighted by Gasteiger charge is -2.30. The van der Waals surface area contributed by atoms with E-state index in [1.165, 1.54) is 53.1 Å². The highest BCUT2D eigenvalue weighted by Crippen LogP contribution is 2.53. The number of carbonyl (C=O) groups excluding carboxylic acids is 3. The molecule has 196 valence electrons. The van der Waals surface area contributed by atoms with Crippen molar-refractivity contribution in [3.63, 3.8) is 0 Å². The quantitative estimate of drug-likeness (QED) is 0.358. The third-order valence-electron chi connectivity index (χ3n) is 6.72.